The zero-order chi connectivity index (χ0) is 13.5. The monoisotopic (exact) mass is 258 g/mol. The van der Waals surface area contributed by atoms with Crippen molar-refractivity contribution in [3.05, 3.63) is 29.8 Å². The van der Waals surface area contributed by atoms with Crippen molar-refractivity contribution in [1.29, 1.82) is 5.26 Å². The highest BCUT2D eigenvalue weighted by molar-refractivity contribution is 5.34. The summed E-state index contributed by atoms with van der Waals surface area (Å²) in [6, 6.07) is 9.40. The quantitative estimate of drug-likeness (QED) is 0.705. The van der Waals surface area contributed by atoms with Gasteiger partial charge in [-0.2, -0.15) is 5.26 Å². The Hall–Kier alpha value is -1.53. The van der Waals surface area contributed by atoms with Crippen LogP contribution in [-0.2, 0) is 0 Å². The van der Waals surface area contributed by atoms with E-state index in [4.69, 9.17) is 10.00 Å². The Morgan fingerprint density at radius 2 is 2.05 bits per heavy atom. The van der Waals surface area contributed by atoms with Crippen LogP contribution >= 0.6 is 0 Å². The van der Waals surface area contributed by atoms with Crippen molar-refractivity contribution in [3.63, 3.8) is 0 Å². The predicted octanol–water partition coefficient (Wildman–Crippen LogP) is 3.06. The number of hydrogen-bond acceptors (Lipinski definition) is 3. The van der Waals surface area contributed by atoms with Gasteiger partial charge in [-0.1, -0.05) is 6.42 Å². The van der Waals surface area contributed by atoms with Gasteiger partial charge in [-0.3, -0.25) is 0 Å². The van der Waals surface area contributed by atoms with Crippen LogP contribution < -0.4 is 4.74 Å². The number of rotatable bonds is 7. The Labute approximate surface area is 115 Å². The third-order valence-electron chi connectivity index (χ3n) is 3.73. The largest absolute Gasteiger partial charge is 0.494 e. The Kier molecular flexibility index (Phi) is 5.23. The van der Waals surface area contributed by atoms with Gasteiger partial charge < -0.3 is 9.64 Å². The molecule has 1 aromatic rings. The lowest BCUT2D eigenvalue weighted by atomic mass is 9.85. The fourth-order valence-corrected chi connectivity index (χ4v) is 2.36. The van der Waals surface area contributed by atoms with Crippen LogP contribution in [0.15, 0.2) is 24.3 Å². The minimum atomic E-state index is 0.674. The molecule has 3 nitrogen and oxygen atoms in total. The van der Waals surface area contributed by atoms with E-state index in [2.05, 4.69) is 18.0 Å². The third kappa shape index (κ3) is 4.57. The van der Waals surface area contributed by atoms with Crippen LogP contribution in [0.3, 0.4) is 0 Å². The maximum atomic E-state index is 8.70. The first-order chi connectivity index (χ1) is 9.28. The van der Waals surface area contributed by atoms with Gasteiger partial charge in [-0.05, 0) is 56.5 Å². The zero-order valence-corrected chi connectivity index (χ0v) is 11.6. The SMILES string of the molecule is CN(CCCOc1ccc(C#N)cc1)CC1CCC1. The average molecular weight is 258 g/mol. The van der Waals surface area contributed by atoms with Crippen LogP contribution in [0.4, 0.5) is 0 Å². The summed E-state index contributed by atoms with van der Waals surface area (Å²) in [4.78, 5) is 2.41. The molecule has 102 valence electrons. The number of nitriles is 1. The molecule has 3 heteroatoms. The van der Waals surface area contributed by atoms with E-state index in [1.54, 1.807) is 12.1 Å². The van der Waals surface area contributed by atoms with Gasteiger partial charge in [0.1, 0.15) is 5.75 Å². The number of benzene rings is 1. The molecule has 0 radical (unpaired) electrons. The summed E-state index contributed by atoms with van der Waals surface area (Å²) in [5.74, 6) is 1.78. The van der Waals surface area contributed by atoms with Crippen LogP contribution in [0, 0.1) is 17.2 Å². The lowest BCUT2D eigenvalue weighted by Crippen LogP contribution is -2.30. The maximum absolute atomic E-state index is 8.70. The minimum absolute atomic E-state index is 0.674. The fourth-order valence-electron chi connectivity index (χ4n) is 2.36. The molecule has 1 saturated carbocycles. The summed E-state index contributed by atoms with van der Waals surface area (Å²) in [5.41, 5.74) is 0.674. The van der Waals surface area contributed by atoms with Crippen LogP contribution in [0.25, 0.3) is 0 Å². The minimum Gasteiger partial charge on any atom is -0.494 e. The molecule has 0 N–H and O–H groups in total. The van der Waals surface area contributed by atoms with Crippen molar-refractivity contribution >= 4 is 0 Å². The maximum Gasteiger partial charge on any atom is 0.119 e. The third-order valence-corrected chi connectivity index (χ3v) is 3.73. The number of hydrogen-bond donors (Lipinski definition) is 0. The smallest absolute Gasteiger partial charge is 0.119 e. The first-order valence-electron chi connectivity index (χ1n) is 7.09. The van der Waals surface area contributed by atoms with Crippen molar-refractivity contribution < 1.29 is 4.74 Å². The van der Waals surface area contributed by atoms with Gasteiger partial charge in [-0.15, -0.1) is 0 Å². The highest BCUT2D eigenvalue weighted by Gasteiger charge is 2.18. The summed E-state index contributed by atoms with van der Waals surface area (Å²) < 4.78 is 5.67. The summed E-state index contributed by atoms with van der Waals surface area (Å²) in [5, 5.41) is 8.70. The Bertz CT molecular complexity index is 417. The molecule has 2 rings (SSSR count). The lowest BCUT2D eigenvalue weighted by Gasteiger charge is -2.30. The summed E-state index contributed by atoms with van der Waals surface area (Å²) in [6.45, 7) is 3.06. The molecule has 0 amide bonds. The highest BCUT2D eigenvalue weighted by Crippen LogP contribution is 2.26. The van der Waals surface area contributed by atoms with E-state index in [1.165, 1.54) is 25.8 Å². The van der Waals surface area contributed by atoms with Gasteiger partial charge >= 0.3 is 0 Å². The lowest BCUT2D eigenvalue weighted by molar-refractivity contribution is 0.192. The van der Waals surface area contributed by atoms with Crippen LogP contribution in [0.2, 0.25) is 0 Å². The average Bonchev–Trinajstić information content (AvgIpc) is 2.40. The molecule has 0 saturated heterocycles. The molecule has 0 aromatic heterocycles. The fraction of sp³-hybridized carbons (Fsp3) is 0.562. The Morgan fingerprint density at radius 3 is 2.63 bits per heavy atom. The van der Waals surface area contributed by atoms with Gasteiger partial charge in [-0.25, -0.2) is 0 Å². The van der Waals surface area contributed by atoms with E-state index < -0.39 is 0 Å². The van der Waals surface area contributed by atoms with Crippen molar-refractivity contribution in [2.75, 3.05) is 26.7 Å². The second-order valence-corrected chi connectivity index (χ2v) is 5.40. The van der Waals surface area contributed by atoms with E-state index in [1.807, 2.05) is 12.1 Å². The van der Waals surface area contributed by atoms with Crippen molar-refractivity contribution in [3.8, 4) is 11.8 Å². The van der Waals surface area contributed by atoms with Crippen molar-refractivity contribution in [1.82, 2.24) is 4.90 Å². The molecular weight excluding hydrogens is 236 g/mol. The van der Waals surface area contributed by atoms with Gasteiger partial charge in [0.25, 0.3) is 0 Å². The van der Waals surface area contributed by atoms with E-state index in [0.29, 0.717) is 5.56 Å². The summed E-state index contributed by atoms with van der Waals surface area (Å²) >= 11 is 0. The van der Waals surface area contributed by atoms with Crippen molar-refractivity contribution in [2.45, 2.75) is 25.7 Å². The first kappa shape index (κ1) is 13.9. The molecule has 1 aromatic carbocycles. The Morgan fingerprint density at radius 1 is 1.32 bits per heavy atom. The molecular formula is C16H22N2O. The van der Waals surface area contributed by atoms with E-state index >= 15 is 0 Å². The first-order valence-corrected chi connectivity index (χ1v) is 7.09. The normalized spacial score (nSPS) is 15.0. The molecule has 1 aliphatic rings. The molecule has 0 spiro atoms. The van der Waals surface area contributed by atoms with Gasteiger partial charge in [0.05, 0.1) is 18.2 Å². The Balaban J connectivity index is 1.59. The number of nitrogens with zero attached hydrogens (tertiary/aromatic N) is 2. The molecule has 1 fully saturated rings. The topological polar surface area (TPSA) is 36.3 Å². The number of ether oxygens (including phenoxy) is 1. The summed E-state index contributed by atoms with van der Waals surface area (Å²) in [6.07, 6.45) is 5.28. The molecule has 0 unspecified atom stereocenters. The molecule has 0 aliphatic heterocycles. The predicted molar refractivity (Wildman–Crippen MR) is 76.1 cm³/mol. The van der Waals surface area contributed by atoms with Gasteiger partial charge in [0.2, 0.25) is 0 Å². The van der Waals surface area contributed by atoms with E-state index in [0.717, 1.165) is 31.2 Å². The van der Waals surface area contributed by atoms with Gasteiger partial charge in [0, 0.05) is 13.1 Å². The van der Waals surface area contributed by atoms with Gasteiger partial charge in [0.15, 0.2) is 0 Å². The zero-order valence-electron chi connectivity index (χ0n) is 11.6. The van der Waals surface area contributed by atoms with E-state index in [9.17, 15) is 0 Å². The second kappa shape index (κ2) is 7.16. The summed E-state index contributed by atoms with van der Waals surface area (Å²) in [7, 11) is 2.19. The van der Waals surface area contributed by atoms with Crippen LogP contribution in [0.1, 0.15) is 31.2 Å². The standard InChI is InChI=1S/C16H22N2O/c1-18(13-15-4-2-5-15)10-3-11-19-16-8-6-14(12-17)7-9-16/h6-9,15H,2-5,10-11,13H2,1H3. The molecule has 1 aliphatic carbocycles. The van der Waals surface area contributed by atoms with Crippen LogP contribution in [0.5, 0.6) is 5.75 Å². The molecule has 0 atom stereocenters. The van der Waals surface area contributed by atoms with Crippen molar-refractivity contribution in [2.24, 2.45) is 5.92 Å². The van der Waals surface area contributed by atoms with Crippen LogP contribution in [-0.4, -0.2) is 31.6 Å². The molecule has 0 heterocycles. The second-order valence-electron chi connectivity index (χ2n) is 5.40. The highest BCUT2D eigenvalue weighted by atomic mass is 16.5. The molecule has 0 bridgehead atoms. The van der Waals surface area contributed by atoms with E-state index in [-0.39, 0.29) is 0 Å². The molecule has 19 heavy (non-hydrogen) atoms.